The number of carbonyl (C=O) groups excluding carboxylic acids is 1. The molecule has 0 amide bonds. The minimum atomic E-state index is -4.17. The summed E-state index contributed by atoms with van der Waals surface area (Å²) in [5, 5.41) is 4.59. The van der Waals surface area contributed by atoms with Crippen molar-refractivity contribution >= 4 is 16.8 Å². The molecule has 78 valence electrons. The van der Waals surface area contributed by atoms with Gasteiger partial charge in [-0.05, 0) is 12.1 Å². The van der Waals surface area contributed by atoms with Crippen LogP contribution >= 0.6 is 0 Å². The van der Waals surface area contributed by atoms with Crippen LogP contribution in [0.4, 0.5) is 8.78 Å². The van der Waals surface area contributed by atoms with Gasteiger partial charge >= 0.3 is 0 Å². The number of hydrogen-bond acceptors (Lipinski definition) is 3. The summed E-state index contributed by atoms with van der Waals surface area (Å²) in [6, 6.07) is 2.77. The van der Waals surface area contributed by atoms with Crippen LogP contribution in [0.25, 0.3) is 0 Å². The minimum Gasteiger partial charge on any atom is -0.307 e. The highest BCUT2D eigenvalue weighted by molar-refractivity contribution is 7.89. The number of benzene rings is 1. The average Bonchev–Trinajstić information content (AvgIpc) is 2.11. The third-order valence-electron chi connectivity index (χ3n) is 1.22. The third-order valence-corrected chi connectivity index (χ3v) is 2.15. The molecule has 7 heteroatoms. The molecule has 0 radical (unpaired) electrons. The average molecular weight is 223 g/mol. The number of primary sulfonamides is 1. The molecule has 0 aromatic heterocycles. The van der Waals surface area contributed by atoms with Gasteiger partial charge in [-0.15, -0.1) is 0 Å². The minimum absolute atomic E-state index is 0.810. The van der Waals surface area contributed by atoms with Crippen molar-refractivity contribution in [1.82, 2.24) is 0 Å². The van der Waals surface area contributed by atoms with Crippen LogP contribution in [0.15, 0.2) is 23.1 Å². The molecular formula is C7H7F2NO3S. The van der Waals surface area contributed by atoms with Gasteiger partial charge in [-0.2, -0.15) is 0 Å². The smallest absolute Gasteiger partial charge is 0.241 e. The second-order valence-corrected chi connectivity index (χ2v) is 3.63. The molecule has 4 nitrogen and oxygen atoms in total. The molecule has 0 aliphatic rings. The van der Waals surface area contributed by atoms with Gasteiger partial charge in [0.25, 0.3) is 0 Å². The van der Waals surface area contributed by atoms with E-state index in [0.717, 1.165) is 18.2 Å². The van der Waals surface area contributed by atoms with Crippen LogP contribution in [0.5, 0.6) is 0 Å². The zero-order valence-corrected chi connectivity index (χ0v) is 7.72. The van der Waals surface area contributed by atoms with Crippen LogP contribution in [-0.4, -0.2) is 15.2 Å². The molecule has 14 heavy (non-hydrogen) atoms. The second-order valence-electron chi connectivity index (χ2n) is 2.10. The molecule has 0 aliphatic heterocycles. The second kappa shape index (κ2) is 4.77. The van der Waals surface area contributed by atoms with Crippen molar-refractivity contribution < 1.29 is 22.0 Å². The fourth-order valence-corrected chi connectivity index (χ4v) is 1.32. The van der Waals surface area contributed by atoms with Crippen LogP contribution in [-0.2, 0) is 14.8 Å². The van der Waals surface area contributed by atoms with E-state index in [1.54, 1.807) is 0 Å². The standard InChI is InChI=1S/C6H5F2NO2S.CH2O/c7-4-2-1-3-5(6(4)8)12(9,10)11;1-2/h1-3H,(H2,9,10,11);1H2. The summed E-state index contributed by atoms with van der Waals surface area (Å²) in [4.78, 5) is 7.17. The van der Waals surface area contributed by atoms with Gasteiger partial charge < -0.3 is 4.79 Å². The van der Waals surface area contributed by atoms with Crippen molar-refractivity contribution in [2.75, 3.05) is 0 Å². The fraction of sp³-hybridized carbons (Fsp3) is 0. The molecule has 1 aromatic carbocycles. The Kier molecular flexibility index (Phi) is 4.32. The van der Waals surface area contributed by atoms with Crippen LogP contribution in [0, 0.1) is 11.6 Å². The molecule has 0 bridgehead atoms. The predicted molar refractivity (Wildman–Crippen MR) is 44.9 cm³/mol. The summed E-state index contributed by atoms with van der Waals surface area (Å²) in [5.41, 5.74) is 0. The first-order valence-corrected chi connectivity index (χ1v) is 4.73. The van der Waals surface area contributed by atoms with Crippen molar-refractivity contribution in [3.63, 3.8) is 0 Å². The number of hydrogen-bond donors (Lipinski definition) is 1. The quantitative estimate of drug-likeness (QED) is 0.749. The van der Waals surface area contributed by atoms with Gasteiger partial charge in [0.15, 0.2) is 11.6 Å². The molecule has 0 heterocycles. The first kappa shape index (κ1) is 12.7. The van der Waals surface area contributed by atoms with E-state index in [2.05, 4.69) is 5.14 Å². The van der Waals surface area contributed by atoms with Crippen molar-refractivity contribution in [2.24, 2.45) is 5.14 Å². The van der Waals surface area contributed by atoms with E-state index in [9.17, 15) is 17.2 Å². The lowest BCUT2D eigenvalue weighted by Crippen LogP contribution is -2.14. The first-order valence-electron chi connectivity index (χ1n) is 3.18. The summed E-state index contributed by atoms with van der Waals surface area (Å²) in [7, 11) is -4.17. The lowest BCUT2D eigenvalue weighted by Gasteiger charge is -1.99. The lowest BCUT2D eigenvalue weighted by molar-refractivity contribution is -0.0979. The monoisotopic (exact) mass is 223 g/mol. The molecular weight excluding hydrogens is 216 g/mol. The Morgan fingerprint density at radius 1 is 1.21 bits per heavy atom. The number of nitrogens with two attached hydrogens (primary N) is 1. The molecule has 1 rings (SSSR count). The van der Waals surface area contributed by atoms with E-state index in [-0.39, 0.29) is 0 Å². The first-order chi connectivity index (χ1) is 6.43. The van der Waals surface area contributed by atoms with Gasteiger partial charge in [-0.3, -0.25) is 0 Å². The number of carbonyl (C=O) groups is 1. The highest BCUT2D eigenvalue weighted by Gasteiger charge is 2.16. The third kappa shape index (κ3) is 2.86. The molecule has 0 spiro atoms. The topological polar surface area (TPSA) is 77.2 Å². The van der Waals surface area contributed by atoms with Crippen molar-refractivity contribution in [3.8, 4) is 0 Å². The molecule has 0 saturated carbocycles. The van der Waals surface area contributed by atoms with E-state index in [0.29, 0.717) is 0 Å². The molecule has 0 saturated heterocycles. The van der Waals surface area contributed by atoms with Gasteiger partial charge in [0.2, 0.25) is 10.0 Å². The summed E-state index contributed by atoms with van der Waals surface area (Å²) in [6.45, 7) is 2.00. The number of rotatable bonds is 1. The van der Waals surface area contributed by atoms with E-state index in [1.165, 1.54) is 0 Å². The zero-order chi connectivity index (χ0) is 11.4. The molecule has 0 aliphatic carbocycles. The highest BCUT2D eigenvalue weighted by Crippen LogP contribution is 2.14. The number of halogens is 2. The maximum atomic E-state index is 12.7. The van der Waals surface area contributed by atoms with Gasteiger partial charge in [0.05, 0.1) is 0 Å². The van der Waals surface area contributed by atoms with Gasteiger partial charge in [0.1, 0.15) is 11.7 Å². The van der Waals surface area contributed by atoms with Crippen molar-refractivity contribution in [3.05, 3.63) is 29.8 Å². The Labute approximate surface area is 79.4 Å². The molecule has 0 atom stereocenters. The fourth-order valence-electron chi connectivity index (χ4n) is 0.704. The van der Waals surface area contributed by atoms with E-state index in [4.69, 9.17) is 4.79 Å². The van der Waals surface area contributed by atoms with E-state index >= 15 is 0 Å². The lowest BCUT2D eigenvalue weighted by atomic mass is 10.3. The van der Waals surface area contributed by atoms with Gasteiger partial charge in [0, 0.05) is 0 Å². The largest absolute Gasteiger partial charge is 0.307 e. The van der Waals surface area contributed by atoms with Gasteiger partial charge in [-0.1, -0.05) is 6.07 Å². The summed E-state index contributed by atoms with van der Waals surface area (Å²) < 4.78 is 46.2. The predicted octanol–water partition coefficient (Wildman–Crippen LogP) is 0.427. The van der Waals surface area contributed by atoms with Crippen LogP contribution in [0.1, 0.15) is 0 Å². The highest BCUT2D eigenvalue weighted by atomic mass is 32.2. The molecule has 2 N–H and O–H groups in total. The van der Waals surface area contributed by atoms with Crippen LogP contribution in [0.2, 0.25) is 0 Å². The van der Waals surface area contributed by atoms with Crippen LogP contribution < -0.4 is 5.14 Å². The Balaban J connectivity index is 0.000000791. The Morgan fingerprint density at radius 3 is 2.07 bits per heavy atom. The normalized spacial score (nSPS) is 10.2. The maximum Gasteiger partial charge on any atom is 0.241 e. The van der Waals surface area contributed by atoms with Gasteiger partial charge in [-0.25, -0.2) is 22.3 Å². The number of sulfonamides is 1. The Bertz CT molecular complexity index is 419. The molecule has 0 fully saturated rings. The zero-order valence-electron chi connectivity index (χ0n) is 6.91. The molecule has 1 aromatic rings. The van der Waals surface area contributed by atoms with Crippen molar-refractivity contribution in [2.45, 2.75) is 4.90 Å². The van der Waals surface area contributed by atoms with Crippen LogP contribution in [0.3, 0.4) is 0 Å². The Hall–Kier alpha value is -1.34. The maximum absolute atomic E-state index is 12.7. The Morgan fingerprint density at radius 2 is 1.71 bits per heavy atom. The van der Waals surface area contributed by atoms with E-state index in [1.807, 2.05) is 6.79 Å². The molecule has 0 unspecified atom stereocenters. The SMILES string of the molecule is C=O.NS(=O)(=O)c1cccc(F)c1F. The summed E-state index contributed by atoms with van der Waals surface area (Å²) >= 11 is 0. The van der Waals surface area contributed by atoms with E-state index < -0.39 is 26.6 Å². The summed E-state index contributed by atoms with van der Waals surface area (Å²) in [6.07, 6.45) is 0. The van der Waals surface area contributed by atoms with Crippen molar-refractivity contribution in [1.29, 1.82) is 0 Å². The summed E-state index contributed by atoms with van der Waals surface area (Å²) in [5.74, 6) is -2.68.